The fraction of sp³-hybridized carbons (Fsp3) is 0.474. The van der Waals surface area contributed by atoms with E-state index in [0.29, 0.717) is 35.8 Å². The largest absolute Gasteiger partial charge is 0.495 e. The van der Waals surface area contributed by atoms with E-state index in [1.807, 2.05) is 4.57 Å². The average molecular weight is 440 g/mol. The molecule has 0 bridgehead atoms. The van der Waals surface area contributed by atoms with Gasteiger partial charge in [0.15, 0.2) is 4.80 Å². The molecule has 2 heterocycles. The number of amides is 1. The average Bonchev–Trinajstić information content (AvgIpc) is 3.05. The standard InChI is InChI=1S/C19H25N3O5S2/c1-5-11-21-16-14(26-2)9-10-15(27-3)17(16)28-19(21)20-18(23)13-8-6-7-12-22(13)29(4,24)25/h5,9-10,13H,1,6-8,11-12H2,2-4H3. The van der Waals surface area contributed by atoms with Gasteiger partial charge in [-0.3, -0.25) is 4.79 Å². The van der Waals surface area contributed by atoms with Gasteiger partial charge in [-0.15, -0.1) is 6.58 Å². The third kappa shape index (κ3) is 4.24. The quantitative estimate of drug-likeness (QED) is 0.644. The topological polar surface area (TPSA) is 90.2 Å². The first-order valence-corrected chi connectivity index (χ1v) is 11.9. The molecular weight excluding hydrogens is 414 g/mol. The Morgan fingerprint density at radius 2 is 2.00 bits per heavy atom. The highest BCUT2D eigenvalue weighted by Crippen LogP contribution is 2.35. The minimum Gasteiger partial charge on any atom is -0.495 e. The lowest BCUT2D eigenvalue weighted by atomic mass is 10.0. The van der Waals surface area contributed by atoms with Gasteiger partial charge in [0, 0.05) is 13.1 Å². The van der Waals surface area contributed by atoms with Crippen LogP contribution in [0, 0.1) is 0 Å². The Morgan fingerprint density at radius 1 is 1.31 bits per heavy atom. The molecule has 1 atom stereocenters. The maximum atomic E-state index is 13.0. The van der Waals surface area contributed by atoms with Gasteiger partial charge in [0.1, 0.15) is 27.8 Å². The molecule has 10 heteroatoms. The number of piperidine rings is 1. The molecule has 0 spiro atoms. The Hall–Kier alpha value is -2.17. The van der Waals surface area contributed by atoms with Crippen LogP contribution in [0.2, 0.25) is 0 Å². The van der Waals surface area contributed by atoms with Gasteiger partial charge in [0.05, 0.1) is 20.5 Å². The Bertz CT molecular complexity index is 1100. The lowest BCUT2D eigenvalue weighted by Crippen LogP contribution is -2.47. The molecule has 1 aliphatic heterocycles. The molecule has 1 aromatic heterocycles. The van der Waals surface area contributed by atoms with Crippen molar-refractivity contribution in [3.05, 3.63) is 29.6 Å². The molecular formula is C19H25N3O5S2. The molecule has 0 saturated carbocycles. The molecule has 1 aromatic carbocycles. The lowest BCUT2D eigenvalue weighted by molar-refractivity contribution is -0.122. The van der Waals surface area contributed by atoms with Gasteiger partial charge >= 0.3 is 0 Å². The third-order valence-electron chi connectivity index (χ3n) is 4.87. The maximum Gasteiger partial charge on any atom is 0.266 e. The summed E-state index contributed by atoms with van der Waals surface area (Å²) in [6, 6.07) is 2.82. The first kappa shape index (κ1) is 21.5. The summed E-state index contributed by atoms with van der Waals surface area (Å²) in [6.45, 7) is 4.54. The van der Waals surface area contributed by atoms with Crippen LogP contribution >= 0.6 is 11.3 Å². The van der Waals surface area contributed by atoms with Crippen LogP contribution < -0.4 is 14.3 Å². The number of carbonyl (C=O) groups is 1. The Morgan fingerprint density at radius 3 is 2.62 bits per heavy atom. The van der Waals surface area contributed by atoms with E-state index in [1.165, 1.54) is 15.6 Å². The summed E-state index contributed by atoms with van der Waals surface area (Å²) in [5.41, 5.74) is 0.756. The molecule has 158 valence electrons. The molecule has 1 unspecified atom stereocenters. The van der Waals surface area contributed by atoms with E-state index in [1.54, 1.807) is 32.4 Å². The minimum absolute atomic E-state index is 0.339. The normalized spacial score (nSPS) is 18.7. The van der Waals surface area contributed by atoms with Gasteiger partial charge in [-0.1, -0.05) is 23.8 Å². The highest BCUT2D eigenvalue weighted by Gasteiger charge is 2.34. The number of allylic oxidation sites excluding steroid dienone is 1. The molecule has 3 rings (SSSR count). The maximum absolute atomic E-state index is 13.0. The van der Waals surface area contributed by atoms with Crippen molar-refractivity contribution in [2.45, 2.75) is 31.8 Å². The number of carbonyl (C=O) groups excluding carboxylic acids is 1. The van der Waals surface area contributed by atoms with Gasteiger partial charge < -0.3 is 14.0 Å². The first-order chi connectivity index (χ1) is 13.8. The van der Waals surface area contributed by atoms with Crippen molar-refractivity contribution < 1.29 is 22.7 Å². The molecule has 1 aliphatic rings. The van der Waals surface area contributed by atoms with Crippen molar-refractivity contribution in [1.29, 1.82) is 0 Å². The van der Waals surface area contributed by atoms with E-state index in [9.17, 15) is 13.2 Å². The number of thiazole rings is 1. The lowest BCUT2D eigenvalue weighted by Gasteiger charge is -2.31. The number of methoxy groups -OCH3 is 2. The van der Waals surface area contributed by atoms with Crippen molar-refractivity contribution in [1.82, 2.24) is 8.87 Å². The molecule has 1 saturated heterocycles. The number of ether oxygens (including phenoxy) is 2. The van der Waals surface area contributed by atoms with Crippen LogP contribution in [0.3, 0.4) is 0 Å². The Labute approximate surface area is 174 Å². The van der Waals surface area contributed by atoms with Crippen molar-refractivity contribution >= 4 is 37.5 Å². The van der Waals surface area contributed by atoms with Crippen molar-refractivity contribution in [3.63, 3.8) is 0 Å². The number of benzene rings is 1. The first-order valence-electron chi connectivity index (χ1n) is 9.22. The van der Waals surface area contributed by atoms with Crippen LogP contribution in [0.15, 0.2) is 29.8 Å². The monoisotopic (exact) mass is 439 g/mol. The van der Waals surface area contributed by atoms with Crippen LogP contribution in [0.5, 0.6) is 11.5 Å². The van der Waals surface area contributed by atoms with Crippen LogP contribution in [-0.4, -0.2) is 56.3 Å². The number of aromatic nitrogens is 1. The summed E-state index contributed by atoms with van der Waals surface area (Å²) in [7, 11) is -0.335. The smallest absolute Gasteiger partial charge is 0.266 e. The van der Waals surface area contributed by atoms with E-state index in [0.717, 1.165) is 29.3 Å². The highest BCUT2D eigenvalue weighted by molar-refractivity contribution is 7.88. The van der Waals surface area contributed by atoms with Crippen molar-refractivity contribution in [3.8, 4) is 11.5 Å². The second-order valence-electron chi connectivity index (χ2n) is 6.77. The number of hydrogen-bond donors (Lipinski definition) is 0. The van der Waals surface area contributed by atoms with E-state index in [4.69, 9.17) is 9.47 Å². The summed E-state index contributed by atoms with van der Waals surface area (Å²) in [5, 5.41) is 0. The predicted molar refractivity (Wildman–Crippen MR) is 113 cm³/mol. The number of sulfonamides is 1. The van der Waals surface area contributed by atoms with Gasteiger partial charge in [0.2, 0.25) is 10.0 Å². The molecule has 0 N–H and O–H groups in total. The molecule has 1 amide bonds. The van der Waals surface area contributed by atoms with Crippen LogP contribution in [0.1, 0.15) is 19.3 Å². The molecule has 2 aromatic rings. The summed E-state index contributed by atoms with van der Waals surface area (Å²) < 4.78 is 39.1. The van der Waals surface area contributed by atoms with E-state index in [-0.39, 0.29) is 0 Å². The molecule has 0 aliphatic carbocycles. The zero-order chi connectivity index (χ0) is 21.2. The summed E-state index contributed by atoms with van der Waals surface area (Å²) in [4.78, 5) is 17.8. The third-order valence-corrected chi connectivity index (χ3v) is 7.26. The van der Waals surface area contributed by atoms with Crippen LogP contribution in [-0.2, 0) is 21.4 Å². The van der Waals surface area contributed by atoms with Gasteiger partial charge in [-0.05, 0) is 25.0 Å². The summed E-state index contributed by atoms with van der Waals surface area (Å²) in [6.07, 6.45) is 4.83. The molecule has 8 nitrogen and oxygen atoms in total. The molecule has 29 heavy (non-hydrogen) atoms. The molecule has 0 radical (unpaired) electrons. The predicted octanol–water partition coefficient (Wildman–Crippen LogP) is 2.15. The zero-order valence-corrected chi connectivity index (χ0v) is 18.4. The fourth-order valence-electron chi connectivity index (χ4n) is 3.56. The van der Waals surface area contributed by atoms with Crippen molar-refractivity contribution in [2.24, 2.45) is 4.99 Å². The number of fused-ring (bicyclic) bond motifs is 1. The molecule has 1 fully saturated rings. The second kappa shape index (κ2) is 8.68. The van der Waals surface area contributed by atoms with Gasteiger partial charge in [-0.25, -0.2) is 8.42 Å². The van der Waals surface area contributed by atoms with E-state index < -0.39 is 22.0 Å². The van der Waals surface area contributed by atoms with E-state index >= 15 is 0 Å². The Kier molecular flexibility index (Phi) is 6.45. The zero-order valence-electron chi connectivity index (χ0n) is 16.8. The van der Waals surface area contributed by atoms with Gasteiger partial charge in [-0.2, -0.15) is 9.30 Å². The van der Waals surface area contributed by atoms with Crippen LogP contribution in [0.4, 0.5) is 0 Å². The Balaban J connectivity index is 2.17. The van der Waals surface area contributed by atoms with Crippen molar-refractivity contribution in [2.75, 3.05) is 27.0 Å². The number of nitrogens with zero attached hydrogens (tertiary/aromatic N) is 3. The number of hydrogen-bond acceptors (Lipinski definition) is 6. The van der Waals surface area contributed by atoms with Crippen LogP contribution in [0.25, 0.3) is 10.2 Å². The van der Waals surface area contributed by atoms with E-state index in [2.05, 4.69) is 11.6 Å². The highest BCUT2D eigenvalue weighted by atomic mass is 32.2. The summed E-state index contributed by atoms with van der Waals surface area (Å²) >= 11 is 1.30. The number of rotatable bonds is 6. The second-order valence-corrected chi connectivity index (χ2v) is 9.68. The fourth-order valence-corrected chi connectivity index (χ4v) is 5.83. The minimum atomic E-state index is -3.49. The SMILES string of the molecule is C=CCn1c(=NC(=O)C2CCCCN2S(C)(=O)=O)sc2c(OC)ccc(OC)c21. The summed E-state index contributed by atoms with van der Waals surface area (Å²) in [5.74, 6) is 0.814. The van der Waals surface area contributed by atoms with Gasteiger partial charge in [0.25, 0.3) is 5.91 Å².